The molecule has 3 rings (SSSR count). The van der Waals surface area contributed by atoms with Crippen LogP contribution >= 0.6 is 0 Å². The lowest BCUT2D eigenvalue weighted by atomic mass is 10.0. The highest BCUT2D eigenvalue weighted by Gasteiger charge is 2.05. The minimum atomic E-state index is -0.401. The van der Waals surface area contributed by atoms with Gasteiger partial charge in [0.25, 0.3) is 0 Å². The highest BCUT2D eigenvalue weighted by atomic mass is 16.1. The van der Waals surface area contributed by atoms with Crippen LogP contribution in [0.2, 0.25) is 0 Å². The molecule has 1 aromatic heterocycles. The maximum absolute atomic E-state index is 11.2. The minimum absolute atomic E-state index is 0.401. The number of carbonyl (C=O) groups is 1. The van der Waals surface area contributed by atoms with Crippen LogP contribution in [0.3, 0.4) is 0 Å². The van der Waals surface area contributed by atoms with E-state index in [0.29, 0.717) is 5.56 Å². The highest BCUT2D eigenvalue weighted by molar-refractivity contribution is 5.94. The molecule has 0 bridgehead atoms. The third kappa shape index (κ3) is 1.99. The largest absolute Gasteiger partial charge is 0.366 e. The van der Waals surface area contributed by atoms with E-state index in [1.807, 2.05) is 31.4 Å². The second-order valence-electron chi connectivity index (χ2n) is 4.65. The summed E-state index contributed by atoms with van der Waals surface area (Å²) in [7, 11) is 2.02. The van der Waals surface area contributed by atoms with Crippen molar-refractivity contribution in [2.24, 2.45) is 12.8 Å². The number of aryl methyl sites for hydroxylation is 1. The number of amides is 1. The summed E-state index contributed by atoms with van der Waals surface area (Å²) >= 11 is 0. The van der Waals surface area contributed by atoms with E-state index in [1.165, 1.54) is 10.9 Å². The van der Waals surface area contributed by atoms with Crippen LogP contribution in [0.4, 0.5) is 0 Å². The number of fused-ring (bicyclic) bond motifs is 1. The number of benzene rings is 2. The highest BCUT2D eigenvalue weighted by Crippen LogP contribution is 2.25. The molecule has 0 aliphatic carbocycles. The Morgan fingerprint density at radius 3 is 2.63 bits per heavy atom. The molecule has 0 saturated heterocycles. The van der Waals surface area contributed by atoms with Gasteiger partial charge in [-0.3, -0.25) is 4.79 Å². The Hall–Kier alpha value is -2.55. The summed E-state index contributed by atoms with van der Waals surface area (Å²) in [5, 5.41) is 1.21. The first-order chi connectivity index (χ1) is 9.15. The Kier molecular flexibility index (Phi) is 2.60. The Morgan fingerprint density at radius 2 is 1.84 bits per heavy atom. The molecule has 0 spiro atoms. The lowest BCUT2D eigenvalue weighted by Crippen LogP contribution is -2.10. The van der Waals surface area contributed by atoms with Crippen molar-refractivity contribution in [1.29, 1.82) is 0 Å². The lowest BCUT2D eigenvalue weighted by molar-refractivity contribution is 0.100. The number of hydrogen-bond acceptors (Lipinski definition) is 1. The number of nitrogens with two attached hydrogens (primary N) is 1. The van der Waals surface area contributed by atoms with Gasteiger partial charge in [0.05, 0.1) is 0 Å². The SMILES string of the molecule is Cn1ccc2ccc(-c3cccc(C(N)=O)c3)cc21. The van der Waals surface area contributed by atoms with Crippen LogP contribution in [0, 0.1) is 0 Å². The molecule has 3 nitrogen and oxygen atoms in total. The third-order valence-corrected chi connectivity index (χ3v) is 3.37. The molecule has 0 fully saturated rings. The first kappa shape index (κ1) is 11.5. The van der Waals surface area contributed by atoms with Gasteiger partial charge in [0, 0.05) is 24.3 Å². The summed E-state index contributed by atoms with van der Waals surface area (Å²) in [5.41, 5.74) is 9.10. The Balaban J connectivity index is 2.15. The zero-order chi connectivity index (χ0) is 13.4. The van der Waals surface area contributed by atoms with Gasteiger partial charge in [-0.05, 0) is 40.8 Å². The predicted molar refractivity (Wildman–Crippen MR) is 76.9 cm³/mol. The fourth-order valence-corrected chi connectivity index (χ4v) is 2.29. The molecule has 0 radical (unpaired) electrons. The van der Waals surface area contributed by atoms with Crippen LogP contribution in [-0.4, -0.2) is 10.5 Å². The molecular formula is C16H14N2O. The molecule has 19 heavy (non-hydrogen) atoms. The molecule has 2 N–H and O–H groups in total. The maximum Gasteiger partial charge on any atom is 0.248 e. The van der Waals surface area contributed by atoms with Gasteiger partial charge in [-0.15, -0.1) is 0 Å². The number of carbonyl (C=O) groups excluding carboxylic acids is 1. The van der Waals surface area contributed by atoms with E-state index < -0.39 is 5.91 Å². The quantitative estimate of drug-likeness (QED) is 0.746. The summed E-state index contributed by atoms with van der Waals surface area (Å²) in [5.74, 6) is -0.401. The average Bonchev–Trinajstić information content (AvgIpc) is 2.80. The zero-order valence-electron chi connectivity index (χ0n) is 10.6. The van der Waals surface area contributed by atoms with Gasteiger partial charge in [-0.1, -0.05) is 24.3 Å². The fraction of sp³-hybridized carbons (Fsp3) is 0.0625. The van der Waals surface area contributed by atoms with Crippen molar-refractivity contribution in [2.45, 2.75) is 0 Å². The van der Waals surface area contributed by atoms with Gasteiger partial charge in [0.2, 0.25) is 5.91 Å². The zero-order valence-corrected chi connectivity index (χ0v) is 10.6. The molecule has 3 heteroatoms. The van der Waals surface area contributed by atoms with E-state index in [0.717, 1.165) is 11.1 Å². The fourth-order valence-electron chi connectivity index (χ4n) is 2.29. The molecule has 1 heterocycles. The molecular weight excluding hydrogens is 236 g/mol. The number of primary amides is 1. The molecule has 0 unspecified atom stereocenters. The monoisotopic (exact) mass is 250 g/mol. The topological polar surface area (TPSA) is 48.0 Å². The number of nitrogens with zero attached hydrogens (tertiary/aromatic N) is 1. The number of aromatic nitrogens is 1. The summed E-state index contributed by atoms with van der Waals surface area (Å²) < 4.78 is 2.08. The van der Waals surface area contributed by atoms with Gasteiger partial charge >= 0.3 is 0 Å². The second-order valence-corrected chi connectivity index (χ2v) is 4.65. The van der Waals surface area contributed by atoms with E-state index in [4.69, 9.17) is 5.73 Å². The van der Waals surface area contributed by atoms with Gasteiger partial charge in [0.1, 0.15) is 0 Å². The number of hydrogen-bond donors (Lipinski definition) is 1. The molecule has 0 atom stereocenters. The second kappa shape index (κ2) is 4.28. The van der Waals surface area contributed by atoms with E-state index in [1.54, 1.807) is 6.07 Å². The van der Waals surface area contributed by atoms with Crippen LogP contribution in [0.25, 0.3) is 22.0 Å². The Labute approximate surface area is 111 Å². The van der Waals surface area contributed by atoms with E-state index in [2.05, 4.69) is 28.8 Å². The molecule has 0 aliphatic rings. The van der Waals surface area contributed by atoms with Gasteiger partial charge in [-0.2, -0.15) is 0 Å². The van der Waals surface area contributed by atoms with Crippen LogP contribution in [0.15, 0.2) is 54.7 Å². The Bertz CT molecular complexity index is 771. The van der Waals surface area contributed by atoms with Gasteiger partial charge in [-0.25, -0.2) is 0 Å². The van der Waals surface area contributed by atoms with Crippen molar-refractivity contribution in [3.8, 4) is 11.1 Å². The summed E-state index contributed by atoms with van der Waals surface area (Å²) in [6, 6.07) is 15.7. The molecule has 0 aliphatic heterocycles. The van der Waals surface area contributed by atoms with E-state index in [9.17, 15) is 4.79 Å². The normalized spacial score (nSPS) is 10.8. The molecule has 0 saturated carbocycles. The average molecular weight is 250 g/mol. The molecule has 2 aromatic carbocycles. The van der Waals surface area contributed by atoms with E-state index in [-0.39, 0.29) is 0 Å². The summed E-state index contributed by atoms with van der Waals surface area (Å²) in [6.07, 6.45) is 2.04. The van der Waals surface area contributed by atoms with Crippen LogP contribution in [0.1, 0.15) is 10.4 Å². The van der Waals surface area contributed by atoms with E-state index >= 15 is 0 Å². The van der Waals surface area contributed by atoms with Crippen molar-refractivity contribution in [2.75, 3.05) is 0 Å². The van der Waals surface area contributed by atoms with Crippen molar-refractivity contribution in [3.63, 3.8) is 0 Å². The van der Waals surface area contributed by atoms with Crippen molar-refractivity contribution in [1.82, 2.24) is 4.57 Å². The lowest BCUT2D eigenvalue weighted by Gasteiger charge is -2.05. The maximum atomic E-state index is 11.2. The first-order valence-electron chi connectivity index (χ1n) is 6.10. The molecule has 3 aromatic rings. The molecule has 1 amide bonds. The van der Waals surface area contributed by atoms with Crippen molar-refractivity contribution in [3.05, 3.63) is 60.3 Å². The smallest absolute Gasteiger partial charge is 0.248 e. The molecule has 94 valence electrons. The standard InChI is InChI=1S/C16H14N2O/c1-18-8-7-11-5-6-13(10-15(11)18)12-3-2-4-14(9-12)16(17)19/h2-10H,1H3,(H2,17,19). The summed E-state index contributed by atoms with van der Waals surface area (Å²) in [6.45, 7) is 0. The van der Waals surface area contributed by atoms with Gasteiger partial charge in [0.15, 0.2) is 0 Å². The van der Waals surface area contributed by atoms with Gasteiger partial charge < -0.3 is 10.3 Å². The predicted octanol–water partition coefficient (Wildman–Crippen LogP) is 2.94. The van der Waals surface area contributed by atoms with Crippen LogP contribution in [0.5, 0.6) is 0 Å². The minimum Gasteiger partial charge on any atom is -0.366 e. The Morgan fingerprint density at radius 1 is 1.05 bits per heavy atom. The summed E-state index contributed by atoms with van der Waals surface area (Å²) in [4.78, 5) is 11.2. The van der Waals surface area contributed by atoms with Crippen molar-refractivity contribution < 1.29 is 4.79 Å². The third-order valence-electron chi connectivity index (χ3n) is 3.37. The van der Waals surface area contributed by atoms with Crippen LogP contribution < -0.4 is 5.73 Å². The first-order valence-corrected chi connectivity index (χ1v) is 6.10. The van der Waals surface area contributed by atoms with Crippen molar-refractivity contribution >= 4 is 16.8 Å². The number of rotatable bonds is 2. The van der Waals surface area contributed by atoms with Crippen LogP contribution in [-0.2, 0) is 7.05 Å².